The van der Waals surface area contributed by atoms with Crippen molar-refractivity contribution >= 4 is 18.0 Å². The van der Waals surface area contributed by atoms with Gasteiger partial charge in [0.2, 0.25) is 5.91 Å². The van der Waals surface area contributed by atoms with E-state index in [0.29, 0.717) is 13.1 Å². The van der Waals surface area contributed by atoms with Gasteiger partial charge < -0.3 is 19.7 Å². The Kier molecular flexibility index (Phi) is 5.56. The molecule has 1 atom stereocenters. The second kappa shape index (κ2) is 7.62. The monoisotopic (exact) mass is 320 g/mol. The van der Waals surface area contributed by atoms with Crippen LogP contribution in [0.3, 0.4) is 0 Å². The van der Waals surface area contributed by atoms with Crippen molar-refractivity contribution in [3.05, 3.63) is 35.9 Å². The van der Waals surface area contributed by atoms with Crippen LogP contribution in [0.1, 0.15) is 12.5 Å². The molecule has 7 heteroatoms. The van der Waals surface area contributed by atoms with Gasteiger partial charge in [0, 0.05) is 25.9 Å². The summed E-state index contributed by atoms with van der Waals surface area (Å²) in [7, 11) is 1.26. The molecule has 0 aliphatic carbocycles. The number of carbonyl (C=O) groups excluding carboxylic acids is 3. The molecule has 1 heterocycles. The summed E-state index contributed by atoms with van der Waals surface area (Å²) in [5, 5.41) is 2.53. The van der Waals surface area contributed by atoms with Gasteiger partial charge in [-0.2, -0.15) is 0 Å². The number of hydrogen-bond donors (Lipinski definition) is 1. The zero-order valence-corrected chi connectivity index (χ0v) is 13.2. The van der Waals surface area contributed by atoms with E-state index in [-0.39, 0.29) is 18.4 Å². The summed E-state index contributed by atoms with van der Waals surface area (Å²) in [4.78, 5) is 36.5. The van der Waals surface area contributed by atoms with Crippen LogP contribution in [0.15, 0.2) is 30.3 Å². The Hall–Kier alpha value is -2.57. The third kappa shape index (κ3) is 4.45. The van der Waals surface area contributed by atoms with E-state index in [1.807, 2.05) is 30.3 Å². The summed E-state index contributed by atoms with van der Waals surface area (Å²) in [6.07, 6.45) is -0.689. The molecule has 2 amide bonds. The van der Waals surface area contributed by atoms with Crippen molar-refractivity contribution in [1.29, 1.82) is 0 Å². The standard InChI is InChI=1S/C16H20N2O5/c1-11(19)18-8-13(9-18)14(15(20)22-2)17-16(21)23-10-12-6-4-3-5-7-12/h3-7,13-14H,8-10H2,1-2H3,(H,17,21)/t14-/m0/s1. The average Bonchev–Trinajstić information content (AvgIpc) is 2.50. The van der Waals surface area contributed by atoms with E-state index >= 15 is 0 Å². The molecule has 124 valence electrons. The number of alkyl carbamates (subject to hydrolysis) is 1. The molecule has 1 fully saturated rings. The van der Waals surface area contributed by atoms with Gasteiger partial charge in [0.25, 0.3) is 0 Å². The summed E-state index contributed by atoms with van der Waals surface area (Å²) in [6.45, 7) is 2.40. The van der Waals surface area contributed by atoms with Crippen LogP contribution in [0.2, 0.25) is 0 Å². The van der Waals surface area contributed by atoms with Gasteiger partial charge in [0.05, 0.1) is 7.11 Å². The topological polar surface area (TPSA) is 84.9 Å². The Labute approximate surface area is 134 Å². The van der Waals surface area contributed by atoms with E-state index in [1.54, 1.807) is 4.90 Å². The van der Waals surface area contributed by atoms with Crippen molar-refractivity contribution in [2.24, 2.45) is 5.92 Å². The first-order valence-electron chi connectivity index (χ1n) is 7.32. The fourth-order valence-electron chi connectivity index (χ4n) is 2.37. The van der Waals surface area contributed by atoms with Crippen molar-refractivity contribution in [2.45, 2.75) is 19.6 Å². The van der Waals surface area contributed by atoms with Crippen LogP contribution in [0, 0.1) is 5.92 Å². The Balaban J connectivity index is 1.86. The first kappa shape index (κ1) is 16.8. The van der Waals surface area contributed by atoms with Gasteiger partial charge in [-0.25, -0.2) is 9.59 Å². The third-order valence-electron chi connectivity index (χ3n) is 3.77. The molecule has 1 aromatic rings. The van der Waals surface area contributed by atoms with Crippen LogP contribution in [-0.2, 0) is 25.7 Å². The molecule has 2 rings (SSSR count). The maximum absolute atomic E-state index is 11.9. The van der Waals surface area contributed by atoms with Crippen LogP contribution in [0.4, 0.5) is 4.79 Å². The zero-order chi connectivity index (χ0) is 16.8. The number of amides is 2. The Bertz CT molecular complexity index is 569. The van der Waals surface area contributed by atoms with Crippen molar-refractivity contribution in [3.8, 4) is 0 Å². The smallest absolute Gasteiger partial charge is 0.408 e. The highest BCUT2D eigenvalue weighted by Crippen LogP contribution is 2.20. The Morgan fingerprint density at radius 2 is 1.91 bits per heavy atom. The number of nitrogens with zero attached hydrogens (tertiary/aromatic N) is 1. The predicted molar refractivity (Wildman–Crippen MR) is 81.3 cm³/mol. The van der Waals surface area contributed by atoms with Crippen molar-refractivity contribution in [1.82, 2.24) is 10.2 Å². The van der Waals surface area contributed by atoms with Gasteiger partial charge in [0.1, 0.15) is 12.6 Å². The molecule has 7 nitrogen and oxygen atoms in total. The molecule has 23 heavy (non-hydrogen) atoms. The number of likely N-dealkylation sites (tertiary alicyclic amines) is 1. The number of carbonyl (C=O) groups is 3. The van der Waals surface area contributed by atoms with Gasteiger partial charge in [0.15, 0.2) is 0 Å². The van der Waals surface area contributed by atoms with Crippen LogP contribution in [0.5, 0.6) is 0 Å². The fourth-order valence-corrected chi connectivity index (χ4v) is 2.37. The van der Waals surface area contributed by atoms with Crippen molar-refractivity contribution in [2.75, 3.05) is 20.2 Å². The first-order chi connectivity index (χ1) is 11.0. The highest BCUT2D eigenvalue weighted by molar-refractivity contribution is 5.82. The highest BCUT2D eigenvalue weighted by atomic mass is 16.6. The van der Waals surface area contributed by atoms with Crippen LogP contribution >= 0.6 is 0 Å². The lowest BCUT2D eigenvalue weighted by Gasteiger charge is -2.41. The molecule has 1 N–H and O–H groups in total. The van der Waals surface area contributed by atoms with Crippen molar-refractivity contribution < 1.29 is 23.9 Å². The lowest BCUT2D eigenvalue weighted by molar-refractivity contribution is -0.149. The molecule has 1 aliphatic heterocycles. The highest BCUT2D eigenvalue weighted by Gasteiger charge is 2.40. The summed E-state index contributed by atoms with van der Waals surface area (Å²) in [5.41, 5.74) is 0.851. The number of methoxy groups -OCH3 is 1. The fraction of sp³-hybridized carbons (Fsp3) is 0.438. The minimum absolute atomic E-state index is 0.0588. The van der Waals surface area contributed by atoms with Gasteiger partial charge in [-0.1, -0.05) is 30.3 Å². The van der Waals surface area contributed by atoms with E-state index in [1.165, 1.54) is 14.0 Å². The van der Waals surface area contributed by atoms with E-state index in [4.69, 9.17) is 9.47 Å². The molecule has 0 radical (unpaired) electrons. The molecule has 1 aliphatic rings. The molecule has 0 spiro atoms. The second-order valence-electron chi connectivity index (χ2n) is 5.39. The van der Waals surface area contributed by atoms with Crippen LogP contribution < -0.4 is 5.32 Å². The van der Waals surface area contributed by atoms with E-state index in [2.05, 4.69) is 5.32 Å². The van der Waals surface area contributed by atoms with E-state index in [9.17, 15) is 14.4 Å². The number of nitrogens with one attached hydrogen (secondary N) is 1. The molecule has 1 saturated heterocycles. The van der Waals surface area contributed by atoms with Gasteiger partial charge in [-0.05, 0) is 5.56 Å². The average molecular weight is 320 g/mol. The minimum Gasteiger partial charge on any atom is -0.467 e. The Morgan fingerprint density at radius 1 is 1.26 bits per heavy atom. The van der Waals surface area contributed by atoms with E-state index < -0.39 is 18.1 Å². The number of rotatable bonds is 5. The van der Waals surface area contributed by atoms with E-state index in [0.717, 1.165) is 5.56 Å². The minimum atomic E-state index is -0.820. The van der Waals surface area contributed by atoms with Crippen LogP contribution in [0.25, 0.3) is 0 Å². The first-order valence-corrected chi connectivity index (χ1v) is 7.32. The lowest BCUT2D eigenvalue weighted by atomic mass is 9.91. The second-order valence-corrected chi connectivity index (χ2v) is 5.39. The molecular weight excluding hydrogens is 300 g/mol. The summed E-state index contributed by atoms with van der Waals surface area (Å²) in [6, 6.07) is 8.41. The largest absolute Gasteiger partial charge is 0.467 e. The SMILES string of the molecule is COC(=O)[C@@H](NC(=O)OCc1ccccc1)C1CN(C(C)=O)C1. The molecular formula is C16H20N2O5. The summed E-state index contributed by atoms with van der Waals surface area (Å²) in [5.74, 6) is -0.776. The molecule has 0 aromatic heterocycles. The molecule has 0 unspecified atom stereocenters. The number of ether oxygens (including phenoxy) is 2. The van der Waals surface area contributed by atoms with Crippen LogP contribution in [-0.4, -0.2) is 49.1 Å². The molecule has 0 saturated carbocycles. The Morgan fingerprint density at radius 3 is 2.48 bits per heavy atom. The number of hydrogen-bond acceptors (Lipinski definition) is 5. The third-order valence-corrected chi connectivity index (χ3v) is 3.77. The normalized spacial score (nSPS) is 15.3. The molecule has 0 bridgehead atoms. The number of esters is 1. The summed E-state index contributed by atoms with van der Waals surface area (Å²) >= 11 is 0. The zero-order valence-electron chi connectivity index (χ0n) is 13.2. The van der Waals surface area contributed by atoms with Crippen molar-refractivity contribution in [3.63, 3.8) is 0 Å². The van der Waals surface area contributed by atoms with Gasteiger partial charge in [-0.3, -0.25) is 4.79 Å². The van der Waals surface area contributed by atoms with Gasteiger partial charge in [-0.15, -0.1) is 0 Å². The number of benzene rings is 1. The summed E-state index contributed by atoms with van der Waals surface area (Å²) < 4.78 is 9.82. The maximum atomic E-state index is 11.9. The predicted octanol–water partition coefficient (Wildman–Crippen LogP) is 0.933. The lowest BCUT2D eigenvalue weighted by Crippen LogP contribution is -2.60. The maximum Gasteiger partial charge on any atom is 0.408 e. The molecule has 1 aromatic carbocycles. The van der Waals surface area contributed by atoms with Gasteiger partial charge >= 0.3 is 12.1 Å². The quantitative estimate of drug-likeness (QED) is 0.816.